The van der Waals surface area contributed by atoms with Crippen molar-refractivity contribution in [3.8, 4) is 0 Å². The molecule has 1 unspecified atom stereocenters. The van der Waals surface area contributed by atoms with Crippen LogP contribution in [0.2, 0.25) is 0 Å². The van der Waals surface area contributed by atoms with Crippen LogP contribution in [0, 0.1) is 0 Å². The molecule has 2 N–H and O–H groups in total. The van der Waals surface area contributed by atoms with Gasteiger partial charge in [-0.25, -0.2) is 0 Å². The van der Waals surface area contributed by atoms with Crippen molar-refractivity contribution >= 4 is 22.1 Å². The van der Waals surface area contributed by atoms with Gasteiger partial charge >= 0.3 is 0 Å². The molecule has 2 rings (SSSR count). The molecule has 2 saturated heterocycles. The van der Waals surface area contributed by atoms with Crippen molar-refractivity contribution in [2.24, 2.45) is 0 Å². The zero-order valence-corrected chi connectivity index (χ0v) is 15.7. The second-order valence-electron chi connectivity index (χ2n) is 6.27. The van der Waals surface area contributed by atoms with Crippen LogP contribution in [-0.2, 0) is 14.3 Å². The standard InChI is InChI=1S/C9H19NO2Si.C6H11NO/c1-7(2)12-9(13)5-3-4-6-10-8(9)11;8-6-4-2-1-3-5-7-6/h7H,3-6H2,1-2,13H3,(H,10,11);1-5H2,(H,7,8). The van der Waals surface area contributed by atoms with Crippen LogP contribution in [-0.4, -0.2) is 46.5 Å². The topological polar surface area (TPSA) is 67.4 Å². The maximum Gasteiger partial charge on any atom is 0.247 e. The summed E-state index contributed by atoms with van der Waals surface area (Å²) in [6.07, 6.45) is 7.38. The van der Waals surface area contributed by atoms with Crippen LogP contribution in [0.5, 0.6) is 0 Å². The van der Waals surface area contributed by atoms with E-state index in [2.05, 4.69) is 10.6 Å². The second kappa shape index (κ2) is 9.20. The predicted molar refractivity (Wildman–Crippen MR) is 87.2 cm³/mol. The number of ether oxygens (including phenoxy) is 1. The summed E-state index contributed by atoms with van der Waals surface area (Å²) < 4.78 is 5.72. The van der Waals surface area contributed by atoms with E-state index in [9.17, 15) is 9.59 Å². The number of rotatable bonds is 2. The SMILES string of the molecule is CC(C)OC1([SiH3])CCCCNC1=O.O=C1CCCCCN1. The average Bonchev–Trinajstić information content (AvgIpc) is 2.73. The van der Waals surface area contributed by atoms with Gasteiger partial charge in [-0.05, 0) is 46.0 Å². The summed E-state index contributed by atoms with van der Waals surface area (Å²) in [7, 11) is 0.775. The van der Waals surface area contributed by atoms with Crippen LogP contribution in [0.1, 0.15) is 58.8 Å². The number of amides is 2. The highest BCUT2D eigenvalue weighted by atomic mass is 28.1. The summed E-state index contributed by atoms with van der Waals surface area (Å²) in [4.78, 5) is 22.2. The Bertz CT molecular complexity index is 340. The quantitative estimate of drug-likeness (QED) is 0.727. The van der Waals surface area contributed by atoms with Gasteiger partial charge in [-0.15, -0.1) is 0 Å². The van der Waals surface area contributed by atoms with Gasteiger partial charge in [0.05, 0.1) is 16.3 Å². The monoisotopic (exact) mass is 314 g/mol. The van der Waals surface area contributed by atoms with Gasteiger partial charge in [-0.1, -0.05) is 6.42 Å². The largest absolute Gasteiger partial charge is 0.367 e. The van der Waals surface area contributed by atoms with Gasteiger partial charge in [0.25, 0.3) is 0 Å². The molecule has 0 saturated carbocycles. The minimum atomic E-state index is -0.468. The van der Waals surface area contributed by atoms with E-state index in [1.54, 1.807) is 0 Å². The smallest absolute Gasteiger partial charge is 0.247 e. The molecular formula is C15H30N2O3Si. The Morgan fingerprint density at radius 2 is 1.71 bits per heavy atom. The Balaban J connectivity index is 0.000000235. The van der Waals surface area contributed by atoms with E-state index in [1.165, 1.54) is 6.42 Å². The fourth-order valence-corrected chi connectivity index (χ4v) is 3.63. The Labute approximate surface area is 131 Å². The van der Waals surface area contributed by atoms with Crippen LogP contribution in [0.25, 0.3) is 0 Å². The highest BCUT2D eigenvalue weighted by Gasteiger charge is 2.35. The minimum absolute atomic E-state index is 0.102. The molecule has 21 heavy (non-hydrogen) atoms. The van der Waals surface area contributed by atoms with E-state index >= 15 is 0 Å². The normalized spacial score (nSPS) is 27.0. The third kappa shape index (κ3) is 7.08. The number of hydrogen-bond donors (Lipinski definition) is 2. The van der Waals surface area contributed by atoms with Crippen molar-refractivity contribution in [1.29, 1.82) is 0 Å². The number of hydrogen-bond acceptors (Lipinski definition) is 3. The van der Waals surface area contributed by atoms with E-state index in [1.807, 2.05) is 13.8 Å². The van der Waals surface area contributed by atoms with Crippen LogP contribution >= 0.6 is 0 Å². The van der Waals surface area contributed by atoms with E-state index in [-0.39, 0.29) is 17.9 Å². The van der Waals surface area contributed by atoms with Crippen molar-refractivity contribution < 1.29 is 14.3 Å². The van der Waals surface area contributed by atoms with Crippen molar-refractivity contribution in [3.05, 3.63) is 0 Å². The Morgan fingerprint density at radius 1 is 1.05 bits per heavy atom. The zero-order chi connectivity index (χ0) is 15.7. The van der Waals surface area contributed by atoms with E-state index < -0.39 is 5.22 Å². The van der Waals surface area contributed by atoms with E-state index in [0.29, 0.717) is 0 Å². The Hall–Kier alpha value is -0.883. The third-order valence-corrected chi connectivity index (χ3v) is 4.93. The summed E-state index contributed by atoms with van der Waals surface area (Å²) in [5.41, 5.74) is 0. The molecule has 1 atom stereocenters. The molecule has 0 spiro atoms. The molecule has 2 aliphatic rings. The summed E-state index contributed by atoms with van der Waals surface area (Å²) in [5, 5.41) is 5.25. The maximum absolute atomic E-state index is 11.7. The molecule has 0 aromatic carbocycles. The molecule has 5 nitrogen and oxygen atoms in total. The first-order valence-corrected chi connectivity index (χ1v) is 9.17. The molecule has 0 aromatic rings. The lowest BCUT2D eigenvalue weighted by atomic mass is 10.1. The lowest BCUT2D eigenvalue weighted by molar-refractivity contribution is -0.140. The summed E-state index contributed by atoms with van der Waals surface area (Å²) in [6.45, 7) is 5.67. The third-order valence-electron chi connectivity index (χ3n) is 3.75. The van der Waals surface area contributed by atoms with Crippen LogP contribution in [0.3, 0.4) is 0 Å². The molecule has 0 aliphatic carbocycles. The highest BCUT2D eigenvalue weighted by molar-refractivity contribution is 6.27. The molecular weight excluding hydrogens is 284 g/mol. The molecule has 0 radical (unpaired) electrons. The van der Waals surface area contributed by atoms with Crippen molar-refractivity contribution in [3.63, 3.8) is 0 Å². The fraction of sp³-hybridized carbons (Fsp3) is 0.867. The van der Waals surface area contributed by atoms with Crippen LogP contribution in [0.4, 0.5) is 0 Å². The summed E-state index contributed by atoms with van der Waals surface area (Å²) in [5.74, 6) is 0.327. The highest BCUT2D eigenvalue weighted by Crippen LogP contribution is 2.20. The molecule has 2 aliphatic heterocycles. The van der Waals surface area contributed by atoms with Crippen molar-refractivity contribution in [2.75, 3.05) is 13.1 Å². The molecule has 122 valence electrons. The predicted octanol–water partition coefficient (Wildman–Crippen LogP) is 0.450. The van der Waals surface area contributed by atoms with Gasteiger partial charge in [-0.3, -0.25) is 9.59 Å². The van der Waals surface area contributed by atoms with Gasteiger partial charge < -0.3 is 15.4 Å². The van der Waals surface area contributed by atoms with Gasteiger partial charge in [0, 0.05) is 19.5 Å². The average molecular weight is 315 g/mol. The Morgan fingerprint density at radius 3 is 2.43 bits per heavy atom. The summed E-state index contributed by atoms with van der Waals surface area (Å²) in [6, 6.07) is 0. The Kier molecular flexibility index (Phi) is 7.96. The fourth-order valence-electron chi connectivity index (χ4n) is 2.63. The van der Waals surface area contributed by atoms with Crippen molar-refractivity contribution in [2.45, 2.75) is 70.1 Å². The van der Waals surface area contributed by atoms with Gasteiger partial charge in [0.15, 0.2) is 0 Å². The van der Waals surface area contributed by atoms with Crippen molar-refractivity contribution in [1.82, 2.24) is 10.6 Å². The number of nitrogens with one attached hydrogen (secondary N) is 2. The first kappa shape index (κ1) is 18.2. The second-order valence-corrected chi connectivity index (χ2v) is 7.89. The molecule has 6 heteroatoms. The van der Waals surface area contributed by atoms with E-state index in [4.69, 9.17) is 4.74 Å². The van der Waals surface area contributed by atoms with Crippen LogP contribution in [0.15, 0.2) is 0 Å². The molecule has 2 amide bonds. The maximum atomic E-state index is 11.7. The van der Waals surface area contributed by atoms with Crippen LogP contribution < -0.4 is 10.6 Å². The first-order valence-electron chi connectivity index (χ1n) is 8.17. The lowest BCUT2D eigenvalue weighted by Crippen LogP contribution is -2.49. The lowest BCUT2D eigenvalue weighted by Gasteiger charge is -2.29. The zero-order valence-electron chi connectivity index (χ0n) is 13.7. The number of carbonyl (C=O) groups is 2. The first-order chi connectivity index (χ1) is 9.94. The minimum Gasteiger partial charge on any atom is -0.367 e. The summed E-state index contributed by atoms with van der Waals surface area (Å²) >= 11 is 0. The molecule has 0 bridgehead atoms. The number of carbonyl (C=O) groups excluding carboxylic acids is 2. The van der Waals surface area contributed by atoms with E-state index in [0.717, 1.165) is 61.9 Å². The van der Waals surface area contributed by atoms with Gasteiger partial charge in [-0.2, -0.15) is 0 Å². The molecule has 2 fully saturated rings. The van der Waals surface area contributed by atoms with Gasteiger partial charge in [0.2, 0.25) is 11.8 Å². The molecule has 0 aromatic heterocycles. The van der Waals surface area contributed by atoms with Gasteiger partial charge in [0.1, 0.15) is 5.22 Å². The molecule has 2 heterocycles.